The van der Waals surface area contributed by atoms with Gasteiger partial charge in [-0.1, -0.05) is 24.3 Å². The number of nitrogens with zero attached hydrogens (tertiary/aromatic N) is 2. The van der Waals surface area contributed by atoms with Gasteiger partial charge < -0.3 is 10.0 Å². The molecule has 0 saturated heterocycles. The van der Waals surface area contributed by atoms with Gasteiger partial charge in [-0.3, -0.25) is 4.79 Å². The molecule has 0 radical (unpaired) electrons. The van der Waals surface area contributed by atoms with Gasteiger partial charge in [0.25, 0.3) is 0 Å². The minimum atomic E-state index is -0.0542. The van der Waals surface area contributed by atoms with Crippen LogP contribution in [0.25, 0.3) is 17.0 Å². The molecule has 1 aliphatic rings. The minimum Gasteiger partial charge on any atom is -0.395 e. The molecule has 21 heavy (non-hydrogen) atoms. The number of benzene rings is 1. The fourth-order valence-electron chi connectivity index (χ4n) is 2.39. The van der Waals surface area contributed by atoms with Crippen LogP contribution in [-0.4, -0.2) is 40.1 Å². The summed E-state index contributed by atoms with van der Waals surface area (Å²) >= 11 is 0. The zero-order valence-electron chi connectivity index (χ0n) is 11.8. The topological polar surface area (TPSA) is 53.4 Å². The zero-order valence-corrected chi connectivity index (χ0v) is 11.8. The molecule has 1 saturated carbocycles. The fraction of sp³-hybridized carbons (Fsp3) is 0.294. The van der Waals surface area contributed by atoms with Crippen LogP contribution in [0.1, 0.15) is 18.5 Å². The molecule has 1 heterocycles. The molecular formula is C17H18N2O2. The number of aromatic nitrogens is 1. The third-order valence-electron chi connectivity index (χ3n) is 3.63. The molecule has 108 valence electrons. The Kier molecular flexibility index (Phi) is 3.97. The first kappa shape index (κ1) is 13.8. The molecule has 1 amide bonds. The van der Waals surface area contributed by atoms with E-state index in [1.165, 1.54) is 0 Å². The molecule has 4 heteroatoms. The number of amides is 1. The van der Waals surface area contributed by atoms with Crippen molar-refractivity contribution in [2.24, 2.45) is 0 Å². The molecule has 0 atom stereocenters. The van der Waals surface area contributed by atoms with Gasteiger partial charge in [0.15, 0.2) is 0 Å². The monoisotopic (exact) mass is 282 g/mol. The maximum atomic E-state index is 12.2. The summed E-state index contributed by atoms with van der Waals surface area (Å²) in [5.74, 6) is -0.0542. The number of aliphatic hydroxyl groups is 1. The quantitative estimate of drug-likeness (QED) is 0.856. The molecule has 2 aromatic rings. The fourth-order valence-corrected chi connectivity index (χ4v) is 2.39. The summed E-state index contributed by atoms with van der Waals surface area (Å²) in [6.07, 6.45) is 5.36. The number of aliphatic hydroxyl groups excluding tert-OH is 1. The van der Waals surface area contributed by atoms with Crippen molar-refractivity contribution in [1.29, 1.82) is 0 Å². The Labute approximate surface area is 123 Å². The van der Waals surface area contributed by atoms with Crippen LogP contribution in [0.15, 0.2) is 42.5 Å². The van der Waals surface area contributed by atoms with Crippen LogP contribution in [0.2, 0.25) is 0 Å². The average molecular weight is 282 g/mol. The van der Waals surface area contributed by atoms with E-state index in [-0.39, 0.29) is 12.5 Å². The number of hydrogen-bond acceptors (Lipinski definition) is 3. The number of carbonyl (C=O) groups is 1. The molecule has 0 aliphatic heterocycles. The number of rotatable bonds is 5. The van der Waals surface area contributed by atoms with Gasteiger partial charge in [-0.25, -0.2) is 4.98 Å². The Morgan fingerprint density at radius 2 is 2.10 bits per heavy atom. The van der Waals surface area contributed by atoms with Gasteiger partial charge in [0, 0.05) is 24.0 Å². The average Bonchev–Trinajstić information content (AvgIpc) is 3.34. The molecule has 1 aromatic heterocycles. The third-order valence-corrected chi connectivity index (χ3v) is 3.63. The Balaban J connectivity index is 1.75. The number of pyridine rings is 1. The second-order valence-electron chi connectivity index (χ2n) is 5.25. The highest BCUT2D eigenvalue weighted by molar-refractivity contribution is 5.92. The Hall–Kier alpha value is -2.20. The summed E-state index contributed by atoms with van der Waals surface area (Å²) < 4.78 is 0. The number of para-hydroxylation sites is 1. The lowest BCUT2D eigenvalue weighted by molar-refractivity contribution is -0.127. The van der Waals surface area contributed by atoms with E-state index in [1.54, 1.807) is 17.1 Å². The second kappa shape index (κ2) is 6.06. The van der Waals surface area contributed by atoms with Crippen molar-refractivity contribution >= 4 is 22.9 Å². The van der Waals surface area contributed by atoms with Crippen LogP contribution < -0.4 is 0 Å². The molecule has 0 unspecified atom stereocenters. The molecule has 1 N–H and O–H groups in total. The highest BCUT2D eigenvalue weighted by Gasteiger charge is 2.30. The predicted octanol–water partition coefficient (Wildman–Crippen LogP) is 2.23. The van der Waals surface area contributed by atoms with Gasteiger partial charge in [0.2, 0.25) is 5.91 Å². The van der Waals surface area contributed by atoms with Crippen molar-refractivity contribution in [2.45, 2.75) is 18.9 Å². The Morgan fingerprint density at radius 1 is 1.29 bits per heavy atom. The van der Waals surface area contributed by atoms with Crippen LogP contribution in [0.4, 0.5) is 0 Å². The minimum absolute atomic E-state index is 0.00427. The largest absolute Gasteiger partial charge is 0.395 e. The molecular weight excluding hydrogens is 264 g/mol. The number of hydrogen-bond donors (Lipinski definition) is 1. The van der Waals surface area contributed by atoms with E-state index in [0.717, 1.165) is 29.4 Å². The summed E-state index contributed by atoms with van der Waals surface area (Å²) in [6.45, 7) is 0.406. The maximum Gasteiger partial charge on any atom is 0.246 e. The van der Waals surface area contributed by atoms with Crippen molar-refractivity contribution in [2.75, 3.05) is 13.2 Å². The highest BCUT2D eigenvalue weighted by atomic mass is 16.3. The number of carbonyl (C=O) groups excluding carboxylic acids is 1. The maximum absolute atomic E-state index is 12.2. The normalized spacial score (nSPS) is 14.7. The lowest BCUT2D eigenvalue weighted by atomic mass is 10.2. The number of fused-ring (bicyclic) bond motifs is 1. The molecule has 3 rings (SSSR count). The van der Waals surface area contributed by atoms with Crippen LogP contribution in [0.5, 0.6) is 0 Å². The smallest absolute Gasteiger partial charge is 0.246 e. The first-order valence-corrected chi connectivity index (χ1v) is 7.23. The SMILES string of the molecule is O=C(/C=C/c1ccc2ccccc2n1)N(CCO)C1CC1. The second-order valence-corrected chi connectivity index (χ2v) is 5.25. The van der Waals surface area contributed by atoms with Gasteiger partial charge in [-0.05, 0) is 31.1 Å². The molecule has 1 aliphatic carbocycles. The standard InChI is InChI=1S/C17H18N2O2/c20-12-11-19(15-8-9-15)17(21)10-7-14-6-5-13-3-1-2-4-16(13)18-14/h1-7,10,15,20H,8-9,11-12H2/b10-7+. The van der Waals surface area contributed by atoms with E-state index in [2.05, 4.69) is 4.98 Å². The first-order chi connectivity index (χ1) is 10.3. The molecule has 1 fully saturated rings. The molecule has 1 aromatic carbocycles. The van der Waals surface area contributed by atoms with Gasteiger partial charge in [0.05, 0.1) is 17.8 Å². The van der Waals surface area contributed by atoms with Crippen LogP contribution >= 0.6 is 0 Å². The van der Waals surface area contributed by atoms with Crippen LogP contribution in [-0.2, 0) is 4.79 Å². The Bertz CT molecular complexity index is 677. The van der Waals surface area contributed by atoms with E-state index < -0.39 is 0 Å². The van der Waals surface area contributed by atoms with E-state index in [0.29, 0.717) is 12.6 Å². The summed E-state index contributed by atoms with van der Waals surface area (Å²) in [5, 5.41) is 10.1. The van der Waals surface area contributed by atoms with Crippen molar-refractivity contribution in [3.05, 3.63) is 48.2 Å². The third kappa shape index (κ3) is 3.28. The van der Waals surface area contributed by atoms with E-state index in [4.69, 9.17) is 5.11 Å². The lowest BCUT2D eigenvalue weighted by Gasteiger charge is -2.19. The summed E-state index contributed by atoms with van der Waals surface area (Å²) in [5.41, 5.74) is 1.68. The zero-order chi connectivity index (χ0) is 14.7. The van der Waals surface area contributed by atoms with E-state index in [1.807, 2.05) is 36.4 Å². The van der Waals surface area contributed by atoms with Gasteiger partial charge in [0.1, 0.15) is 0 Å². The summed E-state index contributed by atoms with van der Waals surface area (Å²) in [7, 11) is 0. The van der Waals surface area contributed by atoms with Crippen molar-refractivity contribution < 1.29 is 9.90 Å². The van der Waals surface area contributed by atoms with Crippen molar-refractivity contribution in [1.82, 2.24) is 9.88 Å². The van der Waals surface area contributed by atoms with Crippen LogP contribution in [0.3, 0.4) is 0 Å². The molecule has 4 nitrogen and oxygen atoms in total. The van der Waals surface area contributed by atoms with Gasteiger partial charge in [-0.2, -0.15) is 0 Å². The van der Waals surface area contributed by atoms with E-state index >= 15 is 0 Å². The van der Waals surface area contributed by atoms with Crippen molar-refractivity contribution in [3.63, 3.8) is 0 Å². The molecule has 0 spiro atoms. The Morgan fingerprint density at radius 3 is 2.86 bits per heavy atom. The molecule has 0 bridgehead atoms. The first-order valence-electron chi connectivity index (χ1n) is 7.23. The highest BCUT2D eigenvalue weighted by Crippen LogP contribution is 2.26. The lowest BCUT2D eigenvalue weighted by Crippen LogP contribution is -2.34. The van der Waals surface area contributed by atoms with Gasteiger partial charge >= 0.3 is 0 Å². The summed E-state index contributed by atoms with van der Waals surface area (Å²) in [6, 6.07) is 12.1. The summed E-state index contributed by atoms with van der Waals surface area (Å²) in [4.78, 5) is 18.4. The van der Waals surface area contributed by atoms with Crippen LogP contribution in [0, 0.1) is 0 Å². The van der Waals surface area contributed by atoms with E-state index in [9.17, 15) is 4.79 Å². The van der Waals surface area contributed by atoms with Gasteiger partial charge in [-0.15, -0.1) is 0 Å². The predicted molar refractivity (Wildman–Crippen MR) is 82.6 cm³/mol. The van der Waals surface area contributed by atoms with Crippen molar-refractivity contribution in [3.8, 4) is 0 Å².